The quantitative estimate of drug-likeness (QED) is 0.434. The molecule has 0 aromatic carbocycles. The fourth-order valence-electron chi connectivity index (χ4n) is 4.04. The zero-order chi connectivity index (χ0) is 22.1. The van der Waals surface area contributed by atoms with Gasteiger partial charge in [0, 0.05) is 13.0 Å². The number of rotatable bonds is 8. The minimum Gasteiger partial charge on any atom is -0.480 e. The summed E-state index contributed by atoms with van der Waals surface area (Å²) in [6.07, 6.45) is 9.61. The molecule has 2 rings (SSSR count). The Hall–Kier alpha value is -2.42. The molecular weight excluding hydrogens is 388 g/mol. The van der Waals surface area contributed by atoms with Crippen molar-refractivity contribution in [2.75, 3.05) is 6.54 Å². The first-order valence-electron chi connectivity index (χ1n) is 10.8. The summed E-state index contributed by atoms with van der Waals surface area (Å²) in [5.41, 5.74) is 2.71. The van der Waals surface area contributed by atoms with Crippen LogP contribution in [-0.2, 0) is 19.2 Å². The van der Waals surface area contributed by atoms with Gasteiger partial charge in [0.1, 0.15) is 18.1 Å². The second-order valence-corrected chi connectivity index (χ2v) is 8.10. The number of carboxylic acids is 1. The van der Waals surface area contributed by atoms with Gasteiger partial charge in [0.05, 0.1) is 0 Å². The summed E-state index contributed by atoms with van der Waals surface area (Å²) in [4.78, 5) is 49.2. The van der Waals surface area contributed by atoms with Gasteiger partial charge in [-0.1, -0.05) is 31.4 Å². The second-order valence-electron chi connectivity index (χ2n) is 8.10. The number of carbonyl (C=O) groups is 4. The summed E-state index contributed by atoms with van der Waals surface area (Å²) >= 11 is 0. The van der Waals surface area contributed by atoms with E-state index in [-0.39, 0.29) is 24.2 Å². The average molecular weight is 423 g/mol. The van der Waals surface area contributed by atoms with E-state index in [1.165, 1.54) is 5.01 Å². The van der Waals surface area contributed by atoms with E-state index < -0.39 is 30.0 Å². The summed E-state index contributed by atoms with van der Waals surface area (Å²) < 4.78 is 0. The Morgan fingerprint density at radius 2 is 1.80 bits per heavy atom. The number of hydrogen-bond acceptors (Lipinski definition) is 5. The summed E-state index contributed by atoms with van der Waals surface area (Å²) in [5, 5.41) is 16.0. The predicted octanol–water partition coefficient (Wildman–Crippen LogP) is 1.10. The predicted molar refractivity (Wildman–Crippen MR) is 111 cm³/mol. The minimum absolute atomic E-state index is 0.0418. The highest BCUT2D eigenvalue weighted by atomic mass is 16.4. The number of carboxylic acid groups (broad SMARTS) is 1. The van der Waals surface area contributed by atoms with E-state index in [1.54, 1.807) is 19.1 Å². The number of carbonyl (C=O) groups excluding carboxylic acids is 3. The fraction of sp³-hybridized carbons (Fsp3) is 0.714. The van der Waals surface area contributed by atoms with Gasteiger partial charge in [-0.2, -0.15) is 0 Å². The lowest BCUT2D eigenvalue weighted by Gasteiger charge is -2.34. The first-order valence-corrected chi connectivity index (χ1v) is 10.8. The van der Waals surface area contributed by atoms with E-state index >= 15 is 0 Å². The molecule has 30 heavy (non-hydrogen) atoms. The third kappa shape index (κ3) is 6.83. The topological polar surface area (TPSA) is 128 Å². The lowest BCUT2D eigenvalue weighted by molar-refractivity contribution is -0.148. The van der Waals surface area contributed by atoms with Crippen LogP contribution in [0.2, 0.25) is 0 Å². The molecule has 3 atom stereocenters. The Labute approximate surface area is 177 Å². The van der Waals surface area contributed by atoms with Gasteiger partial charge in [-0.15, -0.1) is 0 Å². The lowest BCUT2D eigenvalue weighted by atomic mass is 9.83. The van der Waals surface area contributed by atoms with Crippen molar-refractivity contribution in [3.63, 3.8) is 0 Å². The highest BCUT2D eigenvalue weighted by Gasteiger charge is 2.34. The number of nitrogens with one attached hydrogen (secondary N) is 3. The zero-order valence-electron chi connectivity index (χ0n) is 17.9. The summed E-state index contributed by atoms with van der Waals surface area (Å²) in [6.45, 7) is 3.79. The summed E-state index contributed by atoms with van der Waals surface area (Å²) in [5.74, 6) is -1.95. The molecule has 1 saturated heterocycles. The van der Waals surface area contributed by atoms with Crippen LogP contribution in [0.1, 0.15) is 65.2 Å². The van der Waals surface area contributed by atoms with E-state index in [9.17, 15) is 19.2 Å². The van der Waals surface area contributed by atoms with Crippen LogP contribution in [0.3, 0.4) is 0 Å². The molecule has 0 aromatic rings. The third-order valence-electron chi connectivity index (χ3n) is 5.74. The van der Waals surface area contributed by atoms with Gasteiger partial charge in [0.25, 0.3) is 5.91 Å². The van der Waals surface area contributed by atoms with Crippen molar-refractivity contribution >= 4 is 23.7 Å². The number of nitrogens with zero attached hydrogens (tertiary/aromatic N) is 1. The molecule has 0 bridgehead atoms. The molecule has 1 aliphatic heterocycles. The number of allylic oxidation sites excluding steroid dienone is 1. The molecule has 3 amide bonds. The van der Waals surface area contributed by atoms with E-state index in [1.807, 2.05) is 6.92 Å². The molecule has 168 valence electrons. The standard InChI is InChI=1S/C21H34N4O5/c1-3-4-12-17(26)23-18(15-9-6-5-7-10-15)19(27)22-14(2)20(28)25-13-8-11-16(24-25)21(29)30/h3-4,14-16,18,24H,5-13H2,1-2H3,(H,22,27)(H,23,26)(H,29,30). The molecule has 4 N–H and O–H groups in total. The van der Waals surface area contributed by atoms with Gasteiger partial charge in [-0.25, -0.2) is 5.43 Å². The second kappa shape index (κ2) is 11.7. The van der Waals surface area contributed by atoms with Crippen LogP contribution in [0.5, 0.6) is 0 Å². The fourth-order valence-corrected chi connectivity index (χ4v) is 4.04. The van der Waals surface area contributed by atoms with Gasteiger partial charge < -0.3 is 15.7 Å². The van der Waals surface area contributed by atoms with Crippen LogP contribution in [-0.4, -0.2) is 58.5 Å². The Balaban J connectivity index is 2.00. The van der Waals surface area contributed by atoms with Crippen LogP contribution in [0, 0.1) is 5.92 Å². The Morgan fingerprint density at radius 3 is 2.43 bits per heavy atom. The molecule has 2 fully saturated rings. The molecule has 9 heteroatoms. The van der Waals surface area contributed by atoms with Crippen LogP contribution in [0.25, 0.3) is 0 Å². The molecule has 0 aromatic heterocycles. The zero-order valence-corrected chi connectivity index (χ0v) is 17.9. The molecule has 3 unspecified atom stereocenters. The smallest absolute Gasteiger partial charge is 0.322 e. The van der Waals surface area contributed by atoms with E-state index in [0.717, 1.165) is 32.1 Å². The van der Waals surface area contributed by atoms with E-state index in [2.05, 4.69) is 16.1 Å². The van der Waals surface area contributed by atoms with Gasteiger partial charge in [0.15, 0.2) is 0 Å². The average Bonchev–Trinajstić information content (AvgIpc) is 2.75. The first kappa shape index (κ1) is 23.9. The molecular formula is C21H34N4O5. The van der Waals surface area contributed by atoms with Gasteiger partial charge in [-0.3, -0.25) is 24.2 Å². The van der Waals surface area contributed by atoms with Crippen LogP contribution >= 0.6 is 0 Å². The van der Waals surface area contributed by atoms with Crippen LogP contribution in [0.15, 0.2) is 12.2 Å². The third-order valence-corrected chi connectivity index (χ3v) is 5.74. The van der Waals surface area contributed by atoms with Crippen molar-refractivity contribution in [2.45, 2.75) is 83.3 Å². The van der Waals surface area contributed by atoms with Crippen molar-refractivity contribution in [1.82, 2.24) is 21.1 Å². The van der Waals surface area contributed by atoms with Crippen LogP contribution in [0.4, 0.5) is 0 Å². The van der Waals surface area contributed by atoms with Crippen molar-refractivity contribution in [3.8, 4) is 0 Å². The molecule has 2 aliphatic rings. The maximum Gasteiger partial charge on any atom is 0.322 e. The molecule has 1 saturated carbocycles. The van der Waals surface area contributed by atoms with Crippen molar-refractivity contribution in [1.29, 1.82) is 0 Å². The Morgan fingerprint density at radius 1 is 1.10 bits per heavy atom. The van der Waals surface area contributed by atoms with Crippen LogP contribution < -0.4 is 16.1 Å². The molecule has 0 radical (unpaired) electrons. The minimum atomic E-state index is -1.01. The SMILES string of the molecule is CC=CCC(=O)NC(C(=O)NC(C)C(=O)N1CCCC(C(=O)O)N1)C1CCCCC1. The summed E-state index contributed by atoms with van der Waals surface area (Å²) in [6, 6.07) is -2.33. The number of aliphatic carboxylic acids is 1. The van der Waals surface area contributed by atoms with Gasteiger partial charge in [0.2, 0.25) is 11.8 Å². The monoisotopic (exact) mass is 422 g/mol. The Bertz CT molecular complexity index is 660. The molecule has 0 spiro atoms. The molecule has 1 aliphatic carbocycles. The summed E-state index contributed by atoms with van der Waals surface area (Å²) in [7, 11) is 0. The van der Waals surface area contributed by atoms with Crippen molar-refractivity contribution in [3.05, 3.63) is 12.2 Å². The maximum absolute atomic E-state index is 13.0. The van der Waals surface area contributed by atoms with E-state index in [4.69, 9.17) is 5.11 Å². The maximum atomic E-state index is 13.0. The normalized spacial score (nSPS) is 22.3. The first-order chi connectivity index (χ1) is 14.3. The lowest BCUT2D eigenvalue weighted by Crippen LogP contribution is -2.61. The molecule has 1 heterocycles. The number of hydrazine groups is 1. The highest BCUT2D eigenvalue weighted by molar-refractivity contribution is 5.92. The number of hydrogen-bond donors (Lipinski definition) is 4. The van der Waals surface area contributed by atoms with E-state index in [0.29, 0.717) is 19.4 Å². The van der Waals surface area contributed by atoms with Crippen molar-refractivity contribution < 1.29 is 24.3 Å². The largest absolute Gasteiger partial charge is 0.480 e. The van der Waals surface area contributed by atoms with Gasteiger partial charge in [-0.05, 0) is 45.4 Å². The number of amides is 3. The van der Waals surface area contributed by atoms with Crippen molar-refractivity contribution in [2.24, 2.45) is 5.92 Å². The molecule has 9 nitrogen and oxygen atoms in total. The highest BCUT2D eigenvalue weighted by Crippen LogP contribution is 2.27. The van der Waals surface area contributed by atoms with Gasteiger partial charge >= 0.3 is 5.97 Å². The Kier molecular flexibility index (Phi) is 9.29.